The third-order valence-electron chi connectivity index (χ3n) is 2.23. The second-order valence-corrected chi connectivity index (χ2v) is 3.68. The van der Waals surface area contributed by atoms with Crippen molar-refractivity contribution in [1.29, 1.82) is 0 Å². The lowest BCUT2D eigenvalue weighted by Gasteiger charge is -2.10. The van der Waals surface area contributed by atoms with Crippen LogP contribution >= 0.6 is 11.6 Å². The SMILES string of the molecule is Fc1ccc(Oc2c(F)cccc2CCl)cc1. The molecule has 4 heteroatoms. The van der Waals surface area contributed by atoms with Gasteiger partial charge in [-0.2, -0.15) is 0 Å². The van der Waals surface area contributed by atoms with Gasteiger partial charge in [-0.15, -0.1) is 11.6 Å². The van der Waals surface area contributed by atoms with Gasteiger partial charge in [0.25, 0.3) is 0 Å². The quantitative estimate of drug-likeness (QED) is 0.733. The van der Waals surface area contributed by atoms with Gasteiger partial charge in [0.2, 0.25) is 0 Å². The van der Waals surface area contributed by atoms with Crippen LogP contribution in [0.25, 0.3) is 0 Å². The number of alkyl halides is 1. The van der Waals surface area contributed by atoms with Crippen molar-refractivity contribution in [2.45, 2.75) is 5.88 Å². The number of hydrogen-bond donors (Lipinski definition) is 0. The van der Waals surface area contributed by atoms with E-state index in [1.807, 2.05) is 0 Å². The summed E-state index contributed by atoms with van der Waals surface area (Å²) in [6.45, 7) is 0. The van der Waals surface area contributed by atoms with Gasteiger partial charge in [0.05, 0.1) is 5.88 Å². The summed E-state index contributed by atoms with van der Waals surface area (Å²) in [5.41, 5.74) is 0.552. The highest BCUT2D eigenvalue weighted by Crippen LogP contribution is 2.29. The predicted octanol–water partition coefficient (Wildman–Crippen LogP) is 4.50. The van der Waals surface area contributed by atoms with Crippen LogP contribution in [0.2, 0.25) is 0 Å². The van der Waals surface area contributed by atoms with Crippen molar-refractivity contribution in [2.24, 2.45) is 0 Å². The molecule has 0 fully saturated rings. The molecule has 0 aliphatic carbocycles. The molecule has 0 saturated carbocycles. The average Bonchev–Trinajstić information content (AvgIpc) is 2.34. The summed E-state index contributed by atoms with van der Waals surface area (Å²) in [6.07, 6.45) is 0. The maximum absolute atomic E-state index is 13.5. The first-order valence-corrected chi connectivity index (χ1v) is 5.51. The summed E-state index contributed by atoms with van der Waals surface area (Å²) in [5, 5.41) is 0. The summed E-state index contributed by atoms with van der Waals surface area (Å²) in [4.78, 5) is 0. The van der Waals surface area contributed by atoms with Crippen molar-refractivity contribution >= 4 is 11.6 Å². The number of hydrogen-bond acceptors (Lipinski definition) is 1. The molecule has 0 saturated heterocycles. The molecule has 0 bridgehead atoms. The summed E-state index contributed by atoms with van der Waals surface area (Å²) >= 11 is 5.69. The maximum Gasteiger partial charge on any atom is 0.167 e. The fourth-order valence-electron chi connectivity index (χ4n) is 1.39. The van der Waals surface area contributed by atoms with Crippen LogP contribution in [0, 0.1) is 11.6 Å². The van der Waals surface area contributed by atoms with E-state index in [2.05, 4.69) is 0 Å². The molecule has 1 nitrogen and oxygen atoms in total. The minimum absolute atomic E-state index is 0.0779. The lowest BCUT2D eigenvalue weighted by molar-refractivity contribution is 0.437. The van der Waals surface area contributed by atoms with E-state index in [0.29, 0.717) is 11.3 Å². The van der Waals surface area contributed by atoms with Gasteiger partial charge in [0, 0.05) is 5.56 Å². The van der Waals surface area contributed by atoms with Crippen LogP contribution < -0.4 is 4.74 Å². The molecule has 0 aromatic heterocycles. The Kier molecular flexibility index (Phi) is 3.59. The lowest BCUT2D eigenvalue weighted by Crippen LogP contribution is -1.93. The Morgan fingerprint density at radius 3 is 2.35 bits per heavy atom. The highest BCUT2D eigenvalue weighted by atomic mass is 35.5. The van der Waals surface area contributed by atoms with E-state index in [9.17, 15) is 8.78 Å². The van der Waals surface area contributed by atoms with Gasteiger partial charge < -0.3 is 4.74 Å². The van der Waals surface area contributed by atoms with Crippen LogP contribution in [-0.2, 0) is 5.88 Å². The van der Waals surface area contributed by atoms with E-state index < -0.39 is 5.82 Å². The number of halogens is 3. The molecule has 0 atom stereocenters. The molecule has 0 N–H and O–H groups in total. The summed E-state index contributed by atoms with van der Waals surface area (Å²) < 4.78 is 31.6. The van der Waals surface area contributed by atoms with Gasteiger partial charge in [0.15, 0.2) is 11.6 Å². The minimum atomic E-state index is -0.493. The zero-order valence-electron chi connectivity index (χ0n) is 8.79. The van der Waals surface area contributed by atoms with Gasteiger partial charge >= 0.3 is 0 Å². The molecule has 0 spiro atoms. The minimum Gasteiger partial charge on any atom is -0.454 e. The molecule has 0 aliphatic rings. The molecule has 2 aromatic carbocycles. The van der Waals surface area contributed by atoms with Crippen LogP contribution in [0.3, 0.4) is 0 Å². The van der Waals surface area contributed by atoms with Gasteiger partial charge in [-0.3, -0.25) is 0 Å². The lowest BCUT2D eigenvalue weighted by atomic mass is 10.2. The Balaban J connectivity index is 2.32. The number of ether oxygens (including phenoxy) is 1. The summed E-state index contributed by atoms with van der Waals surface area (Å²) in [7, 11) is 0. The first-order chi connectivity index (χ1) is 8.20. The van der Waals surface area contributed by atoms with Crippen molar-refractivity contribution < 1.29 is 13.5 Å². The van der Waals surface area contributed by atoms with Crippen molar-refractivity contribution in [1.82, 2.24) is 0 Å². The molecule has 0 aliphatic heterocycles. The number of rotatable bonds is 3. The van der Waals surface area contributed by atoms with E-state index in [0.717, 1.165) is 0 Å². The second kappa shape index (κ2) is 5.15. The monoisotopic (exact) mass is 254 g/mol. The molecule has 0 heterocycles. The third-order valence-corrected chi connectivity index (χ3v) is 2.51. The molecule has 0 radical (unpaired) electrons. The van der Waals surface area contributed by atoms with Crippen LogP contribution in [0.4, 0.5) is 8.78 Å². The molecule has 2 rings (SSSR count). The second-order valence-electron chi connectivity index (χ2n) is 3.42. The molecule has 88 valence electrons. The standard InChI is InChI=1S/C13H9ClF2O/c14-8-9-2-1-3-12(16)13(9)17-11-6-4-10(15)5-7-11/h1-7H,8H2. The first kappa shape index (κ1) is 11.9. The van der Waals surface area contributed by atoms with Crippen LogP contribution in [0.5, 0.6) is 11.5 Å². The van der Waals surface area contributed by atoms with Gasteiger partial charge in [-0.25, -0.2) is 8.78 Å². The first-order valence-electron chi connectivity index (χ1n) is 4.97. The largest absolute Gasteiger partial charge is 0.454 e. The smallest absolute Gasteiger partial charge is 0.167 e. The average molecular weight is 255 g/mol. The molecule has 2 aromatic rings. The fraction of sp³-hybridized carbons (Fsp3) is 0.0769. The van der Waals surface area contributed by atoms with Crippen molar-refractivity contribution in [3.8, 4) is 11.5 Å². The summed E-state index contributed by atoms with van der Waals surface area (Å²) in [6, 6.07) is 9.88. The van der Waals surface area contributed by atoms with Crippen molar-refractivity contribution in [2.75, 3.05) is 0 Å². The Morgan fingerprint density at radius 2 is 1.71 bits per heavy atom. The zero-order chi connectivity index (χ0) is 12.3. The van der Waals surface area contributed by atoms with Crippen molar-refractivity contribution in [3.05, 3.63) is 59.7 Å². The Labute approximate surface area is 103 Å². The van der Waals surface area contributed by atoms with E-state index in [-0.39, 0.29) is 17.4 Å². The van der Waals surface area contributed by atoms with E-state index >= 15 is 0 Å². The summed E-state index contributed by atoms with van der Waals surface area (Å²) in [5.74, 6) is -0.276. The normalized spacial score (nSPS) is 10.3. The van der Waals surface area contributed by atoms with Gasteiger partial charge in [-0.05, 0) is 30.3 Å². The molecular weight excluding hydrogens is 246 g/mol. The van der Waals surface area contributed by atoms with Crippen LogP contribution in [0.15, 0.2) is 42.5 Å². The topological polar surface area (TPSA) is 9.23 Å². The van der Waals surface area contributed by atoms with Crippen LogP contribution in [0.1, 0.15) is 5.56 Å². The Morgan fingerprint density at radius 1 is 1.00 bits per heavy atom. The number of para-hydroxylation sites is 1. The van der Waals surface area contributed by atoms with E-state index in [1.54, 1.807) is 12.1 Å². The molecule has 0 unspecified atom stereocenters. The van der Waals surface area contributed by atoms with E-state index in [4.69, 9.17) is 16.3 Å². The fourth-order valence-corrected chi connectivity index (χ4v) is 1.60. The Hall–Kier alpha value is -1.61. The maximum atomic E-state index is 13.5. The third kappa shape index (κ3) is 2.74. The van der Waals surface area contributed by atoms with Crippen molar-refractivity contribution in [3.63, 3.8) is 0 Å². The highest BCUT2D eigenvalue weighted by molar-refractivity contribution is 6.17. The molecule has 0 amide bonds. The molecular formula is C13H9ClF2O. The Bertz CT molecular complexity index is 511. The number of benzene rings is 2. The van der Waals surface area contributed by atoms with Gasteiger partial charge in [-0.1, -0.05) is 12.1 Å². The predicted molar refractivity (Wildman–Crippen MR) is 62.4 cm³/mol. The van der Waals surface area contributed by atoms with Gasteiger partial charge in [0.1, 0.15) is 11.6 Å². The highest BCUT2D eigenvalue weighted by Gasteiger charge is 2.10. The van der Waals surface area contributed by atoms with Crippen LogP contribution in [-0.4, -0.2) is 0 Å². The van der Waals surface area contributed by atoms with E-state index in [1.165, 1.54) is 30.3 Å². The molecule has 17 heavy (non-hydrogen) atoms. The zero-order valence-corrected chi connectivity index (χ0v) is 9.55.